The Morgan fingerprint density at radius 1 is 0.721 bits per heavy atom. The second kappa shape index (κ2) is 12.4. The minimum absolute atomic E-state index is 0.127. The van der Waals surface area contributed by atoms with Crippen molar-refractivity contribution in [1.82, 2.24) is 9.79 Å². The normalized spacial score (nSPS) is 15.5. The molecule has 1 aromatic carbocycles. The Morgan fingerprint density at radius 3 is 1.60 bits per heavy atom. The third-order valence-corrected chi connectivity index (χ3v) is 6.72. The van der Waals surface area contributed by atoms with Gasteiger partial charge in [0.2, 0.25) is 5.83 Å². The van der Waals surface area contributed by atoms with Crippen LogP contribution in [0.4, 0.5) is 74.6 Å². The standard InChI is InChI=1S/C19H16F17N3O3S/c20-11(12(21)42-39(9-8-38-7-6-37)43(40,41)10-4-2-1-3-5-10)13(22,23)14(24,25)15(26,27)16(28,29)17(30,31)18(32,33)19(34,35)36/h1-5,38H,6-9,37H2. The topological polar surface area (TPSA) is 84.7 Å². The van der Waals surface area contributed by atoms with Gasteiger partial charge in [0.25, 0.3) is 10.0 Å². The first-order valence-electron chi connectivity index (χ1n) is 10.7. The van der Waals surface area contributed by atoms with E-state index >= 15 is 0 Å². The van der Waals surface area contributed by atoms with E-state index in [4.69, 9.17) is 5.73 Å². The van der Waals surface area contributed by atoms with Gasteiger partial charge in [-0.2, -0.15) is 74.6 Å². The van der Waals surface area contributed by atoms with Crippen LogP contribution >= 0.6 is 0 Å². The quantitative estimate of drug-likeness (QED) is 0.108. The van der Waals surface area contributed by atoms with Gasteiger partial charge in [-0.25, -0.2) is 8.42 Å². The summed E-state index contributed by atoms with van der Waals surface area (Å²) in [5, 5.41) is 2.31. The first-order chi connectivity index (χ1) is 19.1. The summed E-state index contributed by atoms with van der Waals surface area (Å²) in [4.78, 5) is 2.72. The van der Waals surface area contributed by atoms with Crippen molar-refractivity contribution >= 4 is 10.0 Å². The average Bonchev–Trinajstić information content (AvgIpc) is 2.88. The Hall–Kier alpha value is -2.60. The largest absolute Gasteiger partial charge is 0.460 e. The fourth-order valence-corrected chi connectivity index (χ4v) is 3.91. The van der Waals surface area contributed by atoms with Crippen LogP contribution in [0.15, 0.2) is 47.1 Å². The lowest BCUT2D eigenvalue weighted by molar-refractivity contribution is -0.451. The molecule has 1 aromatic rings. The van der Waals surface area contributed by atoms with Crippen molar-refractivity contribution in [2.45, 2.75) is 46.6 Å². The highest BCUT2D eigenvalue weighted by Crippen LogP contribution is 2.63. The molecule has 0 bridgehead atoms. The Bertz CT molecular complexity index is 1240. The molecule has 1 rings (SSSR count). The van der Waals surface area contributed by atoms with E-state index in [0.717, 1.165) is 24.3 Å². The minimum Gasteiger partial charge on any atom is -0.357 e. The second-order valence-electron chi connectivity index (χ2n) is 8.01. The lowest BCUT2D eigenvalue weighted by Crippen LogP contribution is -2.72. The van der Waals surface area contributed by atoms with Crippen LogP contribution in [0.25, 0.3) is 0 Å². The highest BCUT2D eigenvalue weighted by molar-refractivity contribution is 7.89. The van der Waals surface area contributed by atoms with Crippen LogP contribution in [0.3, 0.4) is 0 Å². The number of sulfonamides is 1. The zero-order valence-electron chi connectivity index (χ0n) is 20.3. The number of hydrogen-bond acceptors (Lipinski definition) is 5. The number of alkyl halides is 15. The van der Waals surface area contributed by atoms with Gasteiger partial charge in [0.05, 0.1) is 11.4 Å². The van der Waals surface area contributed by atoms with Crippen LogP contribution in [-0.4, -0.2) is 80.8 Å². The molecule has 0 fully saturated rings. The molecule has 0 atom stereocenters. The number of nitrogens with zero attached hydrogens (tertiary/aromatic N) is 1. The molecule has 0 radical (unpaired) electrons. The van der Waals surface area contributed by atoms with Crippen molar-refractivity contribution in [1.29, 1.82) is 0 Å². The van der Waals surface area contributed by atoms with Crippen molar-refractivity contribution < 1.29 is 87.9 Å². The molecule has 0 heterocycles. The number of nitrogens with one attached hydrogen (secondary N) is 1. The fraction of sp³-hybridized carbons (Fsp3) is 0.579. The van der Waals surface area contributed by atoms with Gasteiger partial charge in [-0.05, 0) is 16.6 Å². The summed E-state index contributed by atoms with van der Waals surface area (Å²) in [7, 11) is -5.29. The van der Waals surface area contributed by atoms with Crippen molar-refractivity contribution in [2.75, 3.05) is 26.2 Å². The SMILES string of the molecule is NCCNCCN(OC(F)=C(F)C(F)(F)C(F)(F)C(F)(F)C(F)(F)C(F)(F)C(F)(F)C(F)(F)F)S(=O)(=O)c1ccccc1. The molecule has 0 aromatic heterocycles. The summed E-state index contributed by atoms with van der Waals surface area (Å²) in [5.74, 6) is -55.3. The lowest BCUT2D eigenvalue weighted by Gasteiger charge is -2.41. The van der Waals surface area contributed by atoms with Crippen LogP contribution < -0.4 is 11.1 Å². The van der Waals surface area contributed by atoms with E-state index in [1.54, 1.807) is 0 Å². The summed E-state index contributed by atoms with van der Waals surface area (Å²) in [6.45, 7) is -2.18. The van der Waals surface area contributed by atoms with E-state index in [0.29, 0.717) is 0 Å². The Labute approximate surface area is 229 Å². The number of allylic oxidation sites excluding steroid dienone is 1. The minimum atomic E-state index is -8.75. The summed E-state index contributed by atoms with van der Waals surface area (Å²) < 4.78 is 252. The molecular weight excluding hydrogens is 673 g/mol. The predicted molar refractivity (Wildman–Crippen MR) is 108 cm³/mol. The molecule has 0 unspecified atom stereocenters. The van der Waals surface area contributed by atoms with Gasteiger partial charge in [-0.15, -0.1) is 0 Å². The van der Waals surface area contributed by atoms with Gasteiger partial charge >= 0.3 is 47.7 Å². The summed E-state index contributed by atoms with van der Waals surface area (Å²) in [6.07, 6.45) is -7.86. The summed E-state index contributed by atoms with van der Waals surface area (Å²) in [5.41, 5.74) is 5.11. The van der Waals surface area contributed by atoms with Crippen LogP contribution in [0, 0.1) is 0 Å². The Kier molecular flexibility index (Phi) is 11.1. The van der Waals surface area contributed by atoms with Crippen LogP contribution in [-0.2, 0) is 14.9 Å². The second-order valence-corrected chi connectivity index (χ2v) is 9.84. The molecule has 0 aliphatic carbocycles. The first kappa shape index (κ1) is 38.4. The highest BCUT2D eigenvalue weighted by atomic mass is 32.2. The molecule has 0 spiro atoms. The number of nitrogens with two attached hydrogens (primary N) is 1. The van der Waals surface area contributed by atoms with E-state index in [9.17, 15) is 83.1 Å². The van der Waals surface area contributed by atoms with Crippen LogP contribution in [0.5, 0.6) is 0 Å². The molecule has 250 valence electrons. The summed E-state index contributed by atoms with van der Waals surface area (Å²) in [6, 6.07) is 0.742. The number of rotatable bonds is 15. The van der Waals surface area contributed by atoms with Gasteiger partial charge in [-0.1, -0.05) is 18.2 Å². The van der Waals surface area contributed by atoms with E-state index in [1.807, 2.05) is 0 Å². The van der Waals surface area contributed by atoms with E-state index in [-0.39, 0.29) is 13.1 Å². The number of hydrogen-bond donors (Lipinski definition) is 2. The van der Waals surface area contributed by atoms with Gasteiger partial charge in [0.15, 0.2) is 0 Å². The fourth-order valence-electron chi connectivity index (χ4n) is 2.68. The van der Waals surface area contributed by atoms with Gasteiger partial charge < -0.3 is 15.9 Å². The molecule has 3 N–H and O–H groups in total. The molecule has 0 amide bonds. The third-order valence-electron chi connectivity index (χ3n) is 5.06. The highest BCUT2D eigenvalue weighted by Gasteiger charge is 2.94. The molecule has 0 saturated heterocycles. The molecule has 43 heavy (non-hydrogen) atoms. The first-order valence-corrected chi connectivity index (χ1v) is 12.1. The van der Waals surface area contributed by atoms with Crippen LogP contribution in [0.2, 0.25) is 0 Å². The number of hydroxylamine groups is 1. The molecule has 6 nitrogen and oxygen atoms in total. The van der Waals surface area contributed by atoms with E-state index in [2.05, 4.69) is 10.2 Å². The molecule has 0 saturated carbocycles. The van der Waals surface area contributed by atoms with Crippen molar-refractivity contribution in [3.8, 4) is 0 Å². The van der Waals surface area contributed by atoms with Gasteiger partial charge in [0, 0.05) is 19.6 Å². The number of benzene rings is 1. The van der Waals surface area contributed by atoms with Gasteiger partial charge in [-0.3, -0.25) is 0 Å². The average molecular weight is 689 g/mol. The van der Waals surface area contributed by atoms with Crippen molar-refractivity contribution in [3.05, 3.63) is 42.2 Å². The molecular formula is C19H16F17N3O3S. The monoisotopic (exact) mass is 689 g/mol. The zero-order chi connectivity index (χ0) is 34.1. The van der Waals surface area contributed by atoms with E-state index < -0.39 is 86.0 Å². The zero-order valence-corrected chi connectivity index (χ0v) is 21.1. The van der Waals surface area contributed by atoms with Crippen molar-refractivity contribution in [3.63, 3.8) is 0 Å². The maximum Gasteiger partial charge on any atom is 0.460 e. The van der Waals surface area contributed by atoms with Crippen molar-refractivity contribution in [2.24, 2.45) is 5.73 Å². The van der Waals surface area contributed by atoms with Crippen LogP contribution in [0.1, 0.15) is 0 Å². The molecule has 0 aliphatic rings. The Morgan fingerprint density at radius 2 is 1.16 bits per heavy atom. The van der Waals surface area contributed by atoms with E-state index in [1.165, 1.54) is 6.07 Å². The maximum atomic E-state index is 14.2. The summed E-state index contributed by atoms with van der Waals surface area (Å²) >= 11 is 0. The van der Waals surface area contributed by atoms with Gasteiger partial charge in [0.1, 0.15) is 0 Å². The number of halogens is 17. The molecule has 0 aliphatic heterocycles. The Balaban J connectivity index is 3.65. The molecule has 24 heteroatoms. The smallest absolute Gasteiger partial charge is 0.357 e. The lowest BCUT2D eigenvalue weighted by atomic mass is 9.91. The maximum absolute atomic E-state index is 14.2. The third kappa shape index (κ3) is 6.60. The predicted octanol–water partition coefficient (Wildman–Crippen LogP) is 5.64.